The minimum absolute atomic E-state index is 0.176. The van der Waals surface area contributed by atoms with Crippen LogP contribution in [0.1, 0.15) is 5.56 Å². The maximum Gasteiger partial charge on any atom is 0.270 e. The third kappa shape index (κ3) is 2.72. The van der Waals surface area contributed by atoms with E-state index in [9.17, 15) is 9.18 Å². The Morgan fingerprint density at radius 2 is 2.05 bits per heavy atom. The number of hydrogen-bond donors (Lipinski definition) is 0. The molecular weight excluding hydrogens is 307 g/mol. The molecule has 21 heavy (non-hydrogen) atoms. The zero-order valence-electron chi connectivity index (χ0n) is 10.7. The van der Waals surface area contributed by atoms with Gasteiger partial charge in [-0.3, -0.25) is 14.7 Å². The van der Waals surface area contributed by atoms with Crippen LogP contribution in [0.5, 0.6) is 0 Å². The topological polar surface area (TPSA) is 33.2 Å². The Balaban J connectivity index is 1.97. The highest BCUT2D eigenvalue weighted by Crippen LogP contribution is 2.36. The van der Waals surface area contributed by atoms with E-state index in [0.29, 0.717) is 9.23 Å². The lowest BCUT2D eigenvalue weighted by Crippen LogP contribution is -2.28. The first-order valence-corrected chi connectivity index (χ1v) is 7.32. The van der Waals surface area contributed by atoms with Crippen LogP contribution in [0.4, 0.5) is 10.1 Å². The van der Waals surface area contributed by atoms with Crippen molar-refractivity contribution in [3.63, 3.8) is 0 Å². The zero-order valence-corrected chi connectivity index (χ0v) is 12.3. The van der Waals surface area contributed by atoms with Crippen molar-refractivity contribution in [2.45, 2.75) is 0 Å². The number of aromatic nitrogens is 1. The summed E-state index contributed by atoms with van der Waals surface area (Å²) in [5.74, 6) is -0.796. The van der Waals surface area contributed by atoms with E-state index in [2.05, 4.69) is 4.98 Å². The van der Waals surface area contributed by atoms with Crippen molar-refractivity contribution >= 4 is 46.0 Å². The van der Waals surface area contributed by atoms with Crippen LogP contribution in [0.3, 0.4) is 0 Å². The fraction of sp³-hybridized carbons (Fsp3) is 0. The average molecular weight is 316 g/mol. The van der Waals surface area contributed by atoms with Gasteiger partial charge >= 0.3 is 0 Å². The number of carbonyl (C=O) groups excluding carboxylic acids is 1. The molecule has 3 nitrogen and oxygen atoms in total. The summed E-state index contributed by atoms with van der Waals surface area (Å²) in [5, 5.41) is 0. The summed E-state index contributed by atoms with van der Waals surface area (Å²) in [6, 6.07) is 9.70. The number of carbonyl (C=O) groups is 1. The van der Waals surface area contributed by atoms with E-state index in [1.165, 1.54) is 17.0 Å². The van der Waals surface area contributed by atoms with E-state index >= 15 is 0 Å². The number of benzene rings is 1. The number of halogens is 1. The first-order chi connectivity index (χ1) is 10.2. The van der Waals surface area contributed by atoms with Gasteiger partial charge in [0.1, 0.15) is 5.82 Å². The maximum absolute atomic E-state index is 13.8. The van der Waals surface area contributed by atoms with E-state index in [1.807, 2.05) is 6.07 Å². The minimum Gasteiger partial charge on any atom is -0.268 e. The van der Waals surface area contributed by atoms with E-state index in [1.54, 1.807) is 36.7 Å². The van der Waals surface area contributed by atoms with Crippen LogP contribution in [-0.2, 0) is 4.79 Å². The summed E-state index contributed by atoms with van der Waals surface area (Å²) in [6.45, 7) is 0. The number of amides is 1. The number of anilines is 1. The van der Waals surface area contributed by atoms with Gasteiger partial charge in [0.25, 0.3) is 5.91 Å². The van der Waals surface area contributed by atoms with Gasteiger partial charge in [0.2, 0.25) is 0 Å². The molecule has 0 N–H and O–H groups in total. The van der Waals surface area contributed by atoms with Crippen molar-refractivity contribution < 1.29 is 9.18 Å². The molecule has 0 atom stereocenters. The van der Waals surface area contributed by atoms with Crippen molar-refractivity contribution in [1.82, 2.24) is 4.98 Å². The lowest BCUT2D eigenvalue weighted by atomic mass is 10.2. The van der Waals surface area contributed by atoms with Gasteiger partial charge < -0.3 is 0 Å². The second-order valence-corrected chi connectivity index (χ2v) is 5.93. The SMILES string of the molecule is O=C1/C(=C/c2cccnc2)SC(=S)N1c1ccccc1F. The zero-order chi connectivity index (χ0) is 14.8. The number of hydrogen-bond acceptors (Lipinski definition) is 4. The molecule has 0 unspecified atom stereocenters. The fourth-order valence-electron chi connectivity index (χ4n) is 1.92. The number of para-hydroxylation sites is 1. The highest BCUT2D eigenvalue weighted by atomic mass is 32.2. The smallest absolute Gasteiger partial charge is 0.268 e. The third-order valence-corrected chi connectivity index (χ3v) is 4.17. The summed E-state index contributed by atoms with van der Waals surface area (Å²) in [5.41, 5.74) is 0.973. The molecule has 1 aliphatic rings. The van der Waals surface area contributed by atoms with Gasteiger partial charge in [-0.05, 0) is 29.8 Å². The number of thiocarbonyl (C=S) groups is 1. The summed E-state index contributed by atoms with van der Waals surface area (Å²) < 4.78 is 14.2. The van der Waals surface area contributed by atoms with E-state index in [0.717, 1.165) is 17.3 Å². The van der Waals surface area contributed by atoms with Crippen LogP contribution in [0.2, 0.25) is 0 Å². The van der Waals surface area contributed by atoms with Gasteiger partial charge in [-0.15, -0.1) is 0 Å². The molecule has 2 heterocycles. The Morgan fingerprint density at radius 3 is 2.76 bits per heavy atom. The standard InChI is InChI=1S/C15H9FN2OS2/c16-11-5-1-2-6-12(11)18-14(19)13(21-15(18)20)8-10-4-3-7-17-9-10/h1-9H/b13-8-. The van der Waals surface area contributed by atoms with Crippen molar-refractivity contribution in [3.05, 3.63) is 65.1 Å². The van der Waals surface area contributed by atoms with Crippen LogP contribution in [-0.4, -0.2) is 15.2 Å². The van der Waals surface area contributed by atoms with Crippen LogP contribution in [0, 0.1) is 5.82 Å². The molecule has 2 aromatic rings. The molecule has 3 rings (SSSR count). The largest absolute Gasteiger partial charge is 0.270 e. The van der Waals surface area contributed by atoms with Crippen LogP contribution < -0.4 is 4.90 Å². The Kier molecular flexibility index (Phi) is 3.81. The summed E-state index contributed by atoms with van der Waals surface area (Å²) in [7, 11) is 0. The molecular formula is C15H9FN2OS2. The van der Waals surface area contributed by atoms with Crippen molar-refractivity contribution in [2.24, 2.45) is 0 Å². The van der Waals surface area contributed by atoms with Crippen molar-refractivity contribution in [2.75, 3.05) is 4.90 Å². The molecule has 1 saturated heterocycles. The molecule has 1 fully saturated rings. The van der Waals surface area contributed by atoms with Gasteiger partial charge in [0.05, 0.1) is 10.6 Å². The van der Waals surface area contributed by atoms with Crippen molar-refractivity contribution in [3.8, 4) is 0 Å². The second-order valence-electron chi connectivity index (χ2n) is 4.25. The highest BCUT2D eigenvalue weighted by molar-refractivity contribution is 8.27. The van der Waals surface area contributed by atoms with E-state index in [-0.39, 0.29) is 11.6 Å². The minimum atomic E-state index is -0.476. The summed E-state index contributed by atoms with van der Waals surface area (Å²) in [6.07, 6.45) is 5.00. The molecule has 0 bridgehead atoms. The highest BCUT2D eigenvalue weighted by Gasteiger charge is 2.34. The Morgan fingerprint density at radius 1 is 1.24 bits per heavy atom. The maximum atomic E-state index is 13.8. The van der Waals surface area contributed by atoms with E-state index < -0.39 is 5.82 Å². The second kappa shape index (κ2) is 5.75. The fourth-order valence-corrected chi connectivity index (χ4v) is 3.21. The number of thioether (sulfide) groups is 1. The third-order valence-electron chi connectivity index (χ3n) is 2.87. The lowest BCUT2D eigenvalue weighted by molar-refractivity contribution is -0.113. The van der Waals surface area contributed by atoms with Gasteiger partial charge in [0, 0.05) is 12.4 Å². The number of pyridine rings is 1. The Bertz CT molecular complexity index is 746. The number of nitrogens with zero attached hydrogens (tertiary/aromatic N) is 2. The predicted octanol–water partition coefficient (Wildman–Crippen LogP) is 3.63. The van der Waals surface area contributed by atoms with Gasteiger partial charge in [-0.25, -0.2) is 4.39 Å². The van der Waals surface area contributed by atoms with E-state index in [4.69, 9.17) is 12.2 Å². The molecule has 0 spiro atoms. The van der Waals surface area contributed by atoms with Crippen LogP contribution in [0.15, 0.2) is 53.7 Å². The Labute approximate surface area is 130 Å². The molecule has 104 valence electrons. The summed E-state index contributed by atoms with van der Waals surface area (Å²) in [4.78, 5) is 18.1. The van der Waals surface area contributed by atoms with Crippen molar-refractivity contribution in [1.29, 1.82) is 0 Å². The molecule has 0 aliphatic carbocycles. The van der Waals surface area contributed by atoms with Crippen LogP contribution in [0.25, 0.3) is 6.08 Å². The molecule has 1 aromatic heterocycles. The molecule has 0 saturated carbocycles. The first-order valence-electron chi connectivity index (χ1n) is 6.09. The first kappa shape index (κ1) is 13.9. The normalized spacial score (nSPS) is 16.8. The molecule has 1 aliphatic heterocycles. The van der Waals surface area contributed by atoms with Gasteiger partial charge in [-0.1, -0.05) is 42.2 Å². The predicted molar refractivity (Wildman–Crippen MR) is 86.3 cm³/mol. The molecule has 6 heteroatoms. The molecule has 0 radical (unpaired) electrons. The quantitative estimate of drug-likeness (QED) is 0.626. The molecule has 1 aromatic carbocycles. The van der Waals surface area contributed by atoms with Gasteiger partial charge in [-0.2, -0.15) is 0 Å². The lowest BCUT2D eigenvalue weighted by Gasteiger charge is -2.14. The van der Waals surface area contributed by atoms with Gasteiger partial charge in [0.15, 0.2) is 4.32 Å². The Hall–Kier alpha value is -2.05. The monoisotopic (exact) mass is 316 g/mol. The molecule has 1 amide bonds. The van der Waals surface area contributed by atoms with Crippen LogP contribution >= 0.6 is 24.0 Å². The summed E-state index contributed by atoms with van der Waals surface area (Å²) >= 11 is 6.35. The number of rotatable bonds is 2. The average Bonchev–Trinajstić information content (AvgIpc) is 2.76.